The third-order valence-electron chi connectivity index (χ3n) is 5.15. The molecule has 0 aromatic carbocycles. The zero-order chi connectivity index (χ0) is 27.0. The summed E-state index contributed by atoms with van der Waals surface area (Å²) in [5.74, 6) is 0. The largest absolute Gasteiger partial charge is 1.00 e. The molecule has 38 heavy (non-hydrogen) atoms. The summed E-state index contributed by atoms with van der Waals surface area (Å²) < 4.78 is 47.6. The molecule has 11 unspecified atom stereocenters. The molecule has 0 saturated carbocycles. The van der Waals surface area contributed by atoms with Gasteiger partial charge in [0.05, 0.1) is 13.2 Å². The number of aliphatic hydroxyl groups excluding tert-OH is 6. The zero-order valence-electron chi connectivity index (χ0n) is 20.8. The Balaban J connectivity index is 0.00000481. The maximum Gasteiger partial charge on any atom is 1.00 e. The monoisotopic (exact) mass is 612 g/mol. The van der Waals surface area contributed by atoms with Crippen molar-refractivity contribution < 1.29 is 133 Å². The minimum Gasteiger partial charge on any atom is -1.00 e. The van der Waals surface area contributed by atoms with Crippen LogP contribution in [0.25, 0.3) is 0 Å². The van der Waals surface area contributed by atoms with Crippen LogP contribution in [0.15, 0.2) is 21.9 Å². The first-order chi connectivity index (χ1) is 16.7. The molecule has 3 heterocycles. The molecule has 0 aliphatic carbocycles. The smallest absolute Gasteiger partial charge is 1.00 e. The van der Waals surface area contributed by atoms with Gasteiger partial charge in [0.25, 0.3) is 13.4 Å². The van der Waals surface area contributed by atoms with Gasteiger partial charge in [0.2, 0.25) is 0 Å². The topological polar surface area (TPSA) is 300 Å². The molecule has 19 nitrogen and oxygen atoms in total. The van der Waals surface area contributed by atoms with Gasteiger partial charge in [-0.3, -0.25) is 23.4 Å². The maximum absolute atomic E-state index is 12.1. The van der Waals surface area contributed by atoms with Gasteiger partial charge in [0.1, 0.15) is 42.7 Å². The number of hydrogen-bond donors (Lipinski definition) is 8. The Morgan fingerprint density at radius 1 is 1.00 bits per heavy atom. The van der Waals surface area contributed by atoms with Gasteiger partial charge in [0, 0.05) is 12.3 Å². The van der Waals surface area contributed by atoms with E-state index in [1.165, 1.54) is 0 Å². The van der Waals surface area contributed by atoms with Crippen LogP contribution in [0.4, 0.5) is 0 Å². The molecule has 2 saturated heterocycles. The van der Waals surface area contributed by atoms with Crippen LogP contribution in [0, 0.1) is 0 Å². The van der Waals surface area contributed by atoms with Gasteiger partial charge < -0.3 is 55.9 Å². The van der Waals surface area contributed by atoms with E-state index in [0.717, 1.165) is 12.3 Å². The van der Waals surface area contributed by atoms with E-state index in [2.05, 4.69) is 13.4 Å². The Labute approximate surface area is 258 Å². The molecule has 2 fully saturated rings. The summed E-state index contributed by atoms with van der Waals surface area (Å²) in [6.45, 7) is -2.00. The SMILES string of the molecule is O=c1ccn(C2OC(COP(=O)([O-])OP(=O)(O)OC3OC(CO)C(O)C(O)C3O)C(O)C2O)c(=O)[nH]1.[H-].[Na+].[Na+]. The van der Waals surface area contributed by atoms with Gasteiger partial charge in [-0.2, -0.15) is 0 Å². The normalized spacial score (nSPS) is 36.4. The fourth-order valence-corrected chi connectivity index (χ4v) is 5.46. The van der Waals surface area contributed by atoms with Crippen LogP contribution < -0.4 is 75.3 Å². The van der Waals surface area contributed by atoms with E-state index in [0.29, 0.717) is 4.57 Å². The fourth-order valence-electron chi connectivity index (χ4n) is 3.34. The van der Waals surface area contributed by atoms with Crippen LogP contribution in [0.1, 0.15) is 7.65 Å². The number of aromatic nitrogens is 2. The molecule has 0 amide bonds. The Morgan fingerprint density at radius 2 is 1.61 bits per heavy atom. The quantitative estimate of drug-likeness (QED) is 0.0948. The number of H-pyrrole nitrogens is 1. The first-order valence-corrected chi connectivity index (χ1v) is 12.9. The van der Waals surface area contributed by atoms with Crippen LogP contribution in [0.2, 0.25) is 0 Å². The van der Waals surface area contributed by atoms with Gasteiger partial charge >= 0.3 is 72.6 Å². The zero-order valence-corrected chi connectivity index (χ0v) is 25.6. The first kappa shape index (κ1) is 36.6. The molecule has 23 heteroatoms. The number of phosphoric acid groups is 2. The third-order valence-corrected chi connectivity index (χ3v) is 7.71. The summed E-state index contributed by atoms with van der Waals surface area (Å²) >= 11 is 0. The number of ether oxygens (including phenoxy) is 2. The van der Waals surface area contributed by atoms with Crippen LogP contribution in [-0.4, -0.2) is 107 Å². The van der Waals surface area contributed by atoms with E-state index in [1.54, 1.807) is 0 Å². The van der Waals surface area contributed by atoms with Gasteiger partial charge in [0.15, 0.2) is 12.5 Å². The second-order valence-corrected chi connectivity index (χ2v) is 10.6. The molecule has 2 aliphatic rings. The van der Waals surface area contributed by atoms with Crippen molar-refractivity contribution in [1.82, 2.24) is 9.55 Å². The van der Waals surface area contributed by atoms with E-state index in [9.17, 15) is 54.0 Å². The Morgan fingerprint density at radius 3 is 2.18 bits per heavy atom. The number of nitrogens with one attached hydrogen (secondary N) is 1. The average Bonchev–Trinajstić information content (AvgIpc) is 3.06. The second-order valence-electron chi connectivity index (χ2n) is 7.66. The number of phosphoric ester groups is 2. The molecule has 2 aliphatic heterocycles. The molecule has 0 spiro atoms. The molecule has 208 valence electrons. The number of aromatic amines is 1. The van der Waals surface area contributed by atoms with Crippen molar-refractivity contribution in [2.75, 3.05) is 13.2 Å². The van der Waals surface area contributed by atoms with E-state index >= 15 is 0 Å². The summed E-state index contributed by atoms with van der Waals surface area (Å²) in [5.41, 5.74) is -1.77. The Hall–Kier alpha value is 0.620. The van der Waals surface area contributed by atoms with Crippen LogP contribution in [-0.2, 0) is 32.0 Å². The predicted octanol–water partition coefficient (Wildman–Crippen LogP) is -11.3. The van der Waals surface area contributed by atoms with Crippen molar-refractivity contribution in [3.05, 3.63) is 33.1 Å². The van der Waals surface area contributed by atoms with E-state index in [-0.39, 0.29) is 60.5 Å². The molecule has 0 bridgehead atoms. The van der Waals surface area contributed by atoms with Gasteiger partial charge in [-0.25, -0.2) is 13.7 Å². The first-order valence-electron chi connectivity index (χ1n) is 9.97. The minimum absolute atomic E-state index is 0. The van der Waals surface area contributed by atoms with Crippen molar-refractivity contribution >= 4 is 15.6 Å². The van der Waals surface area contributed by atoms with Crippen LogP contribution in [0.3, 0.4) is 0 Å². The van der Waals surface area contributed by atoms with Crippen LogP contribution in [0.5, 0.6) is 0 Å². The number of nitrogens with zero attached hydrogens (tertiary/aromatic N) is 1. The summed E-state index contributed by atoms with van der Waals surface area (Å²) in [6.07, 6.45) is -15.6. The Bertz CT molecular complexity index is 1140. The molecule has 1 aromatic rings. The standard InChI is InChI=1S/C15H24N2O17P2.2Na.H/c18-3-5-8(20)10(22)12(24)14(32-5)33-36(28,29)34-35(26,27)30-4-6-9(21)11(23)13(31-6)17-2-1-7(19)16-15(17)25;;;/h1-2,5-6,8-14,18,20-24H,3-4H2,(H,26,27)(H,28,29)(H,16,19,25);;;/q;2*+1;-1/p-1. The van der Waals surface area contributed by atoms with Crippen molar-refractivity contribution in [2.45, 2.75) is 55.2 Å². The number of hydrogen-bond acceptors (Lipinski definition) is 16. The fraction of sp³-hybridized carbons (Fsp3) is 0.733. The molecule has 3 rings (SSSR count). The number of rotatable bonds is 9. The minimum atomic E-state index is -5.73. The Kier molecular flexibility index (Phi) is 14.2. The van der Waals surface area contributed by atoms with E-state index in [4.69, 9.17) is 14.6 Å². The molecular formula is C15H24N2Na2O17P2. The molecule has 8 N–H and O–H groups in total. The summed E-state index contributed by atoms with van der Waals surface area (Å²) in [5, 5.41) is 58.5. The maximum atomic E-state index is 12.1. The second kappa shape index (κ2) is 14.7. The molecule has 11 atom stereocenters. The van der Waals surface area contributed by atoms with Gasteiger partial charge in [-0.1, -0.05) is 0 Å². The van der Waals surface area contributed by atoms with E-state index < -0.39 is 95.4 Å². The van der Waals surface area contributed by atoms with Crippen molar-refractivity contribution in [3.8, 4) is 0 Å². The van der Waals surface area contributed by atoms with E-state index in [1.807, 2.05) is 4.98 Å². The van der Waals surface area contributed by atoms with Crippen molar-refractivity contribution in [3.63, 3.8) is 0 Å². The summed E-state index contributed by atoms with van der Waals surface area (Å²) in [7, 11) is -11.4. The van der Waals surface area contributed by atoms with Crippen molar-refractivity contribution in [1.29, 1.82) is 0 Å². The summed E-state index contributed by atoms with van der Waals surface area (Å²) in [4.78, 5) is 46.7. The van der Waals surface area contributed by atoms with Crippen LogP contribution >= 0.6 is 15.6 Å². The predicted molar refractivity (Wildman–Crippen MR) is 108 cm³/mol. The molecular weight excluding hydrogens is 588 g/mol. The average molecular weight is 612 g/mol. The van der Waals surface area contributed by atoms with Gasteiger partial charge in [-0.05, 0) is 0 Å². The number of aliphatic hydroxyl groups is 6. The molecule has 1 aromatic heterocycles. The van der Waals surface area contributed by atoms with Crippen molar-refractivity contribution in [2.24, 2.45) is 0 Å². The van der Waals surface area contributed by atoms with Gasteiger partial charge in [-0.15, -0.1) is 0 Å². The molecule has 0 radical (unpaired) electrons. The third kappa shape index (κ3) is 8.81. The summed E-state index contributed by atoms with van der Waals surface area (Å²) in [6, 6.07) is 0.918.